The summed E-state index contributed by atoms with van der Waals surface area (Å²) < 4.78 is 5.10. The van der Waals surface area contributed by atoms with Crippen LogP contribution in [-0.4, -0.2) is 29.1 Å². The molecule has 7 heteroatoms. The van der Waals surface area contributed by atoms with Gasteiger partial charge in [0.2, 0.25) is 5.91 Å². The molecule has 1 rings (SSSR count). The van der Waals surface area contributed by atoms with Gasteiger partial charge in [-0.3, -0.25) is 4.79 Å². The zero-order chi connectivity index (χ0) is 16.9. The lowest BCUT2D eigenvalue weighted by Crippen LogP contribution is -2.35. The molecular formula is C15H25N3O3S. The van der Waals surface area contributed by atoms with Gasteiger partial charge in [0.1, 0.15) is 5.60 Å². The van der Waals surface area contributed by atoms with Gasteiger partial charge in [0, 0.05) is 17.8 Å². The summed E-state index contributed by atoms with van der Waals surface area (Å²) in [6.07, 6.45) is -0.303. The second kappa shape index (κ2) is 7.58. The lowest BCUT2D eigenvalue weighted by Gasteiger charge is -2.19. The van der Waals surface area contributed by atoms with Gasteiger partial charge in [0.25, 0.3) is 0 Å². The van der Waals surface area contributed by atoms with E-state index in [1.807, 2.05) is 20.8 Å². The van der Waals surface area contributed by atoms with Crippen LogP contribution in [0.2, 0.25) is 0 Å². The molecule has 0 radical (unpaired) electrons. The van der Waals surface area contributed by atoms with Crippen molar-refractivity contribution in [2.24, 2.45) is 0 Å². The molecule has 0 bridgehead atoms. The van der Waals surface area contributed by atoms with E-state index in [4.69, 9.17) is 4.74 Å². The summed E-state index contributed by atoms with van der Waals surface area (Å²) in [5, 5.41) is 6.46. The molecule has 1 atom stereocenters. The number of ether oxygens (including phenoxy) is 1. The molecule has 2 amide bonds. The lowest BCUT2D eigenvalue weighted by atomic mass is 10.2. The highest BCUT2D eigenvalue weighted by Gasteiger charge is 2.17. The Labute approximate surface area is 135 Å². The molecule has 0 unspecified atom stereocenters. The fraction of sp³-hybridized carbons (Fsp3) is 0.667. The first-order valence-corrected chi connectivity index (χ1v) is 8.10. The Balaban J connectivity index is 2.35. The maximum atomic E-state index is 11.9. The van der Waals surface area contributed by atoms with E-state index in [0.29, 0.717) is 0 Å². The van der Waals surface area contributed by atoms with Crippen LogP contribution in [0.5, 0.6) is 0 Å². The molecule has 22 heavy (non-hydrogen) atoms. The molecule has 0 saturated carbocycles. The highest BCUT2D eigenvalue weighted by molar-refractivity contribution is 7.11. The largest absolute Gasteiger partial charge is 0.444 e. The van der Waals surface area contributed by atoms with Crippen molar-refractivity contribution < 1.29 is 14.3 Å². The van der Waals surface area contributed by atoms with Gasteiger partial charge < -0.3 is 15.4 Å². The smallest absolute Gasteiger partial charge is 0.407 e. The first-order chi connectivity index (χ1) is 10.1. The van der Waals surface area contributed by atoms with Crippen LogP contribution in [0.25, 0.3) is 0 Å². The van der Waals surface area contributed by atoms with Crippen molar-refractivity contribution >= 4 is 23.3 Å². The molecule has 1 heterocycles. The van der Waals surface area contributed by atoms with Crippen molar-refractivity contribution in [3.63, 3.8) is 0 Å². The van der Waals surface area contributed by atoms with Crippen molar-refractivity contribution in [2.45, 2.75) is 59.6 Å². The van der Waals surface area contributed by atoms with Crippen LogP contribution < -0.4 is 10.6 Å². The van der Waals surface area contributed by atoms with Crippen molar-refractivity contribution in [1.29, 1.82) is 0 Å². The summed E-state index contributed by atoms with van der Waals surface area (Å²) in [7, 11) is 0. The predicted molar refractivity (Wildman–Crippen MR) is 87.0 cm³/mol. The van der Waals surface area contributed by atoms with Crippen molar-refractivity contribution in [3.05, 3.63) is 15.6 Å². The summed E-state index contributed by atoms with van der Waals surface area (Å²) in [4.78, 5) is 28.8. The number of hydrogen-bond donors (Lipinski definition) is 2. The average Bonchev–Trinajstić information content (AvgIpc) is 2.66. The number of alkyl carbamates (subject to hydrolysis) is 1. The molecule has 0 aliphatic carbocycles. The Morgan fingerprint density at radius 2 is 1.95 bits per heavy atom. The van der Waals surface area contributed by atoms with E-state index in [2.05, 4.69) is 15.6 Å². The van der Waals surface area contributed by atoms with Crippen molar-refractivity contribution in [1.82, 2.24) is 15.6 Å². The molecule has 6 nitrogen and oxygen atoms in total. The Hall–Kier alpha value is -1.63. The number of carbonyl (C=O) groups is 2. The number of hydrogen-bond acceptors (Lipinski definition) is 5. The van der Waals surface area contributed by atoms with Crippen LogP contribution in [-0.2, 0) is 9.53 Å². The van der Waals surface area contributed by atoms with E-state index in [-0.39, 0.29) is 24.9 Å². The predicted octanol–water partition coefficient (Wildman–Crippen LogP) is 2.85. The first-order valence-electron chi connectivity index (χ1n) is 7.28. The minimum Gasteiger partial charge on any atom is -0.444 e. The van der Waals surface area contributed by atoms with E-state index in [1.165, 1.54) is 0 Å². The number of amides is 2. The third-order valence-corrected chi connectivity index (χ3v) is 3.99. The number of nitrogens with one attached hydrogen (secondary N) is 2. The number of thiazole rings is 1. The van der Waals surface area contributed by atoms with Crippen molar-refractivity contribution in [2.75, 3.05) is 6.54 Å². The van der Waals surface area contributed by atoms with Crippen LogP contribution in [0, 0.1) is 13.8 Å². The molecule has 1 aromatic heterocycles. The summed E-state index contributed by atoms with van der Waals surface area (Å²) in [6.45, 7) is 11.4. The molecule has 0 aromatic carbocycles. The highest BCUT2D eigenvalue weighted by Crippen LogP contribution is 2.24. The van der Waals surface area contributed by atoms with Gasteiger partial charge >= 0.3 is 6.09 Å². The van der Waals surface area contributed by atoms with Crippen LogP contribution in [0.4, 0.5) is 4.79 Å². The molecule has 2 N–H and O–H groups in total. The zero-order valence-electron chi connectivity index (χ0n) is 14.1. The molecule has 124 valence electrons. The Bertz CT molecular complexity index is 535. The van der Waals surface area contributed by atoms with Gasteiger partial charge in [-0.1, -0.05) is 0 Å². The molecule has 0 saturated heterocycles. The van der Waals surface area contributed by atoms with Crippen LogP contribution >= 0.6 is 11.3 Å². The van der Waals surface area contributed by atoms with Gasteiger partial charge in [0.15, 0.2) is 0 Å². The SMILES string of the molecule is Cc1nc(C)c([C@H](C)NC(=O)CCNC(=O)OC(C)(C)C)s1. The minimum absolute atomic E-state index is 0.0831. The van der Waals surface area contributed by atoms with E-state index in [0.717, 1.165) is 15.6 Å². The van der Waals surface area contributed by atoms with Gasteiger partial charge in [-0.2, -0.15) is 0 Å². The topological polar surface area (TPSA) is 80.3 Å². The number of aromatic nitrogens is 1. The summed E-state index contributed by atoms with van der Waals surface area (Å²) in [6, 6.07) is -0.0831. The normalized spacial score (nSPS) is 12.6. The third kappa shape index (κ3) is 6.43. The number of rotatable bonds is 5. The van der Waals surface area contributed by atoms with Crippen LogP contribution in [0.15, 0.2) is 0 Å². The first kappa shape index (κ1) is 18.4. The van der Waals surface area contributed by atoms with Gasteiger partial charge in [-0.15, -0.1) is 11.3 Å². The van der Waals surface area contributed by atoms with E-state index in [9.17, 15) is 9.59 Å². The Morgan fingerprint density at radius 1 is 1.32 bits per heavy atom. The fourth-order valence-electron chi connectivity index (χ4n) is 1.92. The maximum Gasteiger partial charge on any atom is 0.407 e. The summed E-state index contributed by atoms with van der Waals surface area (Å²) in [5.41, 5.74) is 0.407. The fourth-order valence-corrected chi connectivity index (χ4v) is 2.85. The van der Waals surface area contributed by atoms with Gasteiger partial charge in [-0.25, -0.2) is 9.78 Å². The number of carbonyl (C=O) groups excluding carboxylic acids is 2. The molecule has 0 spiro atoms. The average molecular weight is 327 g/mol. The summed E-state index contributed by atoms with van der Waals surface area (Å²) in [5.74, 6) is -0.117. The van der Waals surface area contributed by atoms with E-state index >= 15 is 0 Å². The second-order valence-electron chi connectivity index (χ2n) is 6.15. The Kier molecular flexibility index (Phi) is 6.34. The third-order valence-electron chi connectivity index (χ3n) is 2.73. The van der Waals surface area contributed by atoms with E-state index < -0.39 is 11.7 Å². The maximum absolute atomic E-state index is 11.9. The zero-order valence-corrected chi connectivity index (χ0v) is 14.9. The summed E-state index contributed by atoms with van der Waals surface area (Å²) >= 11 is 1.58. The highest BCUT2D eigenvalue weighted by atomic mass is 32.1. The van der Waals surface area contributed by atoms with Crippen LogP contribution in [0.3, 0.4) is 0 Å². The second-order valence-corrected chi connectivity index (χ2v) is 7.39. The molecule has 0 fully saturated rings. The quantitative estimate of drug-likeness (QED) is 0.871. The molecule has 0 aliphatic heterocycles. The number of nitrogens with zero attached hydrogens (tertiary/aromatic N) is 1. The van der Waals surface area contributed by atoms with Crippen LogP contribution in [0.1, 0.15) is 55.7 Å². The van der Waals surface area contributed by atoms with E-state index in [1.54, 1.807) is 32.1 Å². The van der Waals surface area contributed by atoms with Gasteiger partial charge in [-0.05, 0) is 41.5 Å². The molecular weight excluding hydrogens is 302 g/mol. The lowest BCUT2D eigenvalue weighted by molar-refractivity contribution is -0.121. The monoisotopic (exact) mass is 327 g/mol. The Morgan fingerprint density at radius 3 is 2.45 bits per heavy atom. The molecule has 0 aliphatic rings. The van der Waals surface area contributed by atoms with Crippen molar-refractivity contribution in [3.8, 4) is 0 Å². The standard InChI is InChI=1S/C15H25N3O3S/c1-9-13(22-11(3)17-9)10(2)18-12(19)7-8-16-14(20)21-15(4,5)6/h10H,7-8H2,1-6H3,(H,16,20)(H,18,19)/t10-/m0/s1. The van der Waals surface area contributed by atoms with Gasteiger partial charge in [0.05, 0.1) is 16.7 Å². The molecule has 1 aromatic rings. The minimum atomic E-state index is -0.539. The number of aryl methyl sites for hydroxylation is 2.